The Morgan fingerprint density at radius 1 is 0.852 bits per heavy atom. The summed E-state index contributed by atoms with van der Waals surface area (Å²) < 4.78 is 0. The molecular formula is C23H17N3O. The zero-order valence-electron chi connectivity index (χ0n) is 14.7. The number of para-hydroxylation sites is 1. The lowest BCUT2D eigenvalue weighted by molar-refractivity contribution is 0.0767. The SMILES string of the molecule is O=C1c2c(nc3ccccc3c2-c2ccccc2)CN1Cc1ccncc1. The van der Waals surface area contributed by atoms with Gasteiger partial charge in [0.1, 0.15) is 0 Å². The summed E-state index contributed by atoms with van der Waals surface area (Å²) in [5.41, 5.74) is 5.61. The Morgan fingerprint density at radius 3 is 2.41 bits per heavy atom. The van der Waals surface area contributed by atoms with E-state index < -0.39 is 0 Å². The van der Waals surface area contributed by atoms with Gasteiger partial charge in [0, 0.05) is 29.9 Å². The molecule has 0 saturated carbocycles. The molecule has 2 aromatic heterocycles. The summed E-state index contributed by atoms with van der Waals surface area (Å²) in [7, 11) is 0. The third kappa shape index (κ3) is 2.66. The first-order chi connectivity index (χ1) is 13.3. The fraction of sp³-hybridized carbons (Fsp3) is 0.0870. The summed E-state index contributed by atoms with van der Waals surface area (Å²) in [5, 5.41) is 1.02. The van der Waals surface area contributed by atoms with Crippen molar-refractivity contribution in [1.82, 2.24) is 14.9 Å². The molecule has 2 aromatic carbocycles. The predicted molar refractivity (Wildman–Crippen MR) is 105 cm³/mol. The molecule has 0 N–H and O–H groups in total. The minimum Gasteiger partial charge on any atom is -0.328 e. The Balaban J connectivity index is 1.67. The minimum atomic E-state index is 0.0407. The molecule has 0 saturated heterocycles. The van der Waals surface area contributed by atoms with Gasteiger partial charge in [0.15, 0.2) is 0 Å². The number of nitrogens with zero attached hydrogens (tertiary/aromatic N) is 3. The minimum absolute atomic E-state index is 0.0407. The number of carbonyl (C=O) groups excluding carboxylic acids is 1. The van der Waals surface area contributed by atoms with Gasteiger partial charge in [0.05, 0.1) is 23.3 Å². The van der Waals surface area contributed by atoms with Gasteiger partial charge in [-0.2, -0.15) is 0 Å². The van der Waals surface area contributed by atoms with E-state index in [1.54, 1.807) is 12.4 Å². The van der Waals surface area contributed by atoms with Crippen molar-refractivity contribution in [3.63, 3.8) is 0 Å². The van der Waals surface area contributed by atoms with Crippen LogP contribution in [0.2, 0.25) is 0 Å². The van der Waals surface area contributed by atoms with Crippen molar-refractivity contribution in [1.29, 1.82) is 0 Å². The van der Waals surface area contributed by atoms with E-state index in [2.05, 4.69) is 17.1 Å². The van der Waals surface area contributed by atoms with E-state index in [1.165, 1.54) is 0 Å². The number of carbonyl (C=O) groups is 1. The zero-order valence-corrected chi connectivity index (χ0v) is 14.7. The van der Waals surface area contributed by atoms with Crippen LogP contribution in [0, 0.1) is 0 Å². The Morgan fingerprint density at radius 2 is 1.59 bits per heavy atom. The molecule has 4 heteroatoms. The topological polar surface area (TPSA) is 46.1 Å². The fourth-order valence-electron chi connectivity index (χ4n) is 3.76. The molecule has 0 fully saturated rings. The maximum absolute atomic E-state index is 13.3. The molecule has 4 aromatic rings. The highest BCUT2D eigenvalue weighted by Crippen LogP contribution is 2.37. The second-order valence-corrected chi connectivity index (χ2v) is 6.71. The van der Waals surface area contributed by atoms with E-state index in [0.29, 0.717) is 13.1 Å². The monoisotopic (exact) mass is 351 g/mol. The lowest BCUT2D eigenvalue weighted by Gasteiger charge is -2.15. The Labute approximate surface area is 157 Å². The number of hydrogen-bond acceptors (Lipinski definition) is 3. The van der Waals surface area contributed by atoms with Gasteiger partial charge in [-0.05, 0) is 29.3 Å². The number of rotatable bonds is 3. The molecule has 3 heterocycles. The van der Waals surface area contributed by atoms with Gasteiger partial charge < -0.3 is 4.90 Å². The zero-order chi connectivity index (χ0) is 18.2. The van der Waals surface area contributed by atoms with Crippen LogP contribution in [0.3, 0.4) is 0 Å². The quantitative estimate of drug-likeness (QED) is 0.548. The van der Waals surface area contributed by atoms with Crippen molar-refractivity contribution in [2.24, 2.45) is 0 Å². The van der Waals surface area contributed by atoms with Crippen LogP contribution in [0.4, 0.5) is 0 Å². The molecule has 0 radical (unpaired) electrons. The van der Waals surface area contributed by atoms with Gasteiger partial charge in [-0.1, -0.05) is 48.5 Å². The number of amides is 1. The molecule has 1 aliphatic rings. The molecule has 0 bridgehead atoms. The normalized spacial score (nSPS) is 13.2. The maximum Gasteiger partial charge on any atom is 0.257 e. The standard InChI is InChI=1S/C23H17N3O/c27-23-22-20(15-26(23)14-16-10-12-24-13-11-16)25-19-9-5-4-8-18(19)21(22)17-6-2-1-3-7-17/h1-13H,14-15H2. The second kappa shape index (κ2) is 6.32. The third-order valence-electron chi connectivity index (χ3n) is 4.99. The lowest BCUT2D eigenvalue weighted by atomic mass is 9.95. The van der Waals surface area contributed by atoms with E-state index in [9.17, 15) is 4.79 Å². The van der Waals surface area contributed by atoms with Crippen LogP contribution in [0.15, 0.2) is 79.1 Å². The van der Waals surface area contributed by atoms with E-state index in [4.69, 9.17) is 4.98 Å². The first-order valence-corrected chi connectivity index (χ1v) is 8.96. The highest BCUT2D eigenvalue weighted by Gasteiger charge is 2.33. The summed E-state index contributed by atoms with van der Waals surface area (Å²) in [5.74, 6) is 0.0407. The van der Waals surface area contributed by atoms with Crippen molar-refractivity contribution in [3.05, 3.63) is 95.9 Å². The Kier molecular flexibility index (Phi) is 3.68. The van der Waals surface area contributed by atoms with Crippen LogP contribution >= 0.6 is 0 Å². The van der Waals surface area contributed by atoms with Gasteiger partial charge >= 0.3 is 0 Å². The molecule has 0 spiro atoms. The van der Waals surface area contributed by atoms with Crippen LogP contribution in [0.5, 0.6) is 0 Å². The van der Waals surface area contributed by atoms with Gasteiger partial charge in [0.2, 0.25) is 0 Å². The molecule has 1 aliphatic heterocycles. The number of fused-ring (bicyclic) bond motifs is 2. The lowest BCUT2D eigenvalue weighted by Crippen LogP contribution is -2.23. The molecular weight excluding hydrogens is 334 g/mol. The number of benzene rings is 2. The van der Waals surface area contributed by atoms with Crippen molar-refractivity contribution >= 4 is 16.8 Å². The number of hydrogen-bond donors (Lipinski definition) is 0. The van der Waals surface area contributed by atoms with E-state index >= 15 is 0 Å². The van der Waals surface area contributed by atoms with Crippen molar-refractivity contribution in [2.45, 2.75) is 13.1 Å². The van der Waals surface area contributed by atoms with Gasteiger partial charge in [-0.25, -0.2) is 0 Å². The van der Waals surface area contributed by atoms with Crippen LogP contribution < -0.4 is 0 Å². The third-order valence-corrected chi connectivity index (χ3v) is 4.99. The van der Waals surface area contributed by atoms with Gasteiger partial charge in [-0.3, -0.25) is 14.8 Å². The molecule has 1 amide bonds. The van der Waals surface area contributed by atoms with Gasteiger partial charge in [0.25, 0.3) is 5.91 Å². The highest BCUT2D eigenvalue weighted by molar-refractivity contribution is 6.11. The number of aromatic nitrogens is 2. The molecule has 4 nitrogen and oxygen atoms in total. The molecule has 0 atom stereocenters. The average Bonchev–Trinajstić information content (AvgIpc) is 3.02. The Hall–Kier alpha value is -3.53. The van der Waals surface area contributed by atoms with Crippen LogP contribution in [0.25, 0.3) is 22.0 Å². The second-order valence-electron chi connectivity index (χ2n) is 6.71. The van der Waals surface area contributed by atoms with Crippen LogP contribution in [0.1, 0.15) is 21.6 Å². The Bertz CT molecular complexity index is 1140. The van der Waals surface area contributed by atoms with E-state index in [0.717, 1.165) is 38.9 Å². The molecule has 0 unspecified atom stereocenters. The van der Waals surface area contributed by atoms with E-state index in [-0.39, 0.29) is 5.91 Å². The summed E-state index contributed by atoms with van der Waals surface area (Å²) in [6.07, 6.45) is 3.51. The van der Waals surface area contributed by atoms with Gasteiger partial charge in [-0.15, -0.1) is 0 Å². The summed E-state index contributed by atoms with van der Waals surface area (Å²) >= 11 is 0. The summed E-state index contributed by atoms with van der Waals surface area (Å²) in [6, 6.07) is 22.0. The summed E-state index contributed by atoms with van der Waals surface area (Å²) in [6.45, 7) is 1.09. The van der Waals surface area contributed by atoms with Crippen LogP contribution in [-0.4, -0.2) is 20.8 Å². The molecule has 0 aliphatic carbocycles. The molecule has 130 valence electrons. The largest absolute Gasteiger partial charge is 0.328 e. The maximum atomic E-state index is 13.3. The number of pyridine rings is 2. The average molecular weight is 351 g/mol. The fourth-order valence-corrected chi connectivity index (χ4v) is 3.76. The predicted octanol–water partition coefficient (Wildman–Crippen LogP) is 4.45. The molecule has 27 heavy (non-hydrogen) atoms. The first kappa shape index (κ1) is 15.7. The summed E-state index contributed by atoms with van der Waals surface area (Å²) in [4.78, 5) is 24.0. The van der Waals surface area contributed by atoms with E-state index in [1.807, 2.05) is 59.5 Å². The smallest absolute Gasteiger partial charge is 0.257 e. The van der Waals surface area contributed by atoms with Crippen molar-refractivity contribution in [3.8, 4) is 11.1 Å². The van der Waals surface area contributed by atoms with Crippen molar-refractivity contribution in [2.75, 3.05) is 0 Å². The first-order valence-electron chi connectivity index (χ1n) is 8.96. The highest BCUT2D eigenvalue weighted by atomic mass is 16.2. The van der Waals surface area contributed by atoms with Crippen molar-refractivity contribution < 1.29 is 4.79 Å². The molecule has 5 rings (SSSR count). The van der Waals surface area contributed by atoms with Crippen LogP contribution in [-0.2, 0) is 13.1 Å².